The van der Waals surface area contributed by atoms with E-state index in [1.165, 1.54) is 109 Å². The van der Waals surface area contributed by atoms with Crippen LogP contribution in [-0.4, -0.2) is 0 Å². The average Bonchev–Trinajstić information content (AvgIpc) is 3.75. The van der Waals surface area contributed by atoms with Crippen molar-refractivity contribution in [1.29, 1.82) is 0 Å². The van der Waals surface area contributed by atoms with Crippen molar-refractivity contribution < 1.29 is 4.74 Å². The van der Waals surface area contributed by atoms with Crippen LogP contribution in [0.5, 0.6) is 11.5 Å². The van der Waals surface area contributed by atoms with E-state index in [0.29, 0.717) is 0 Å². The number of ether oxygens (including phenoxy) is 1. The van der Waals surface area contributed by atoms with Crippen LogP contribution in [0.2, 0.25) is 0 Å². The van der Waals surface area contributed by atoms with Gasteiger partial charge in [0, 0.05) is 47.8 Å². The lowest BCUT2D eigenvalue weighted by Crippen LogP contribution is -2.33. The summed E-state index contributed by atoms with van der Waals surface area (Å²) >= 11 is 3.81. The molecule has 0 aromatic heterocycles. The summed E-state index contributed by atoms with van der Waals surface area (Å²) in [6.07, 6.45) is 6.86. The van der Waals surface area contributed by atoms with Crippen LogP contribution in [-0.2, 0) is 16.2 Å². The summed E-state index contributed by atoms with van der Waals surface area (Å²) in [6.45, 7) is 0. The summed E-state index contributed by atoms with van der Waals surface area (Å²) < 4.78 is 6.83. The van der Waals surface area contributed by atoms with Gasteiger partial charge in [0.2, 0.25) is 0 Å². The minimum atomic E-state index is -0.626. The van der Waals surface area contributed by atoms with Crippen molar-refractivity contribution in [1.82, 2.24) is 0 Å². The number of allylic oxidation sites excluding steroid dienone is 4. The lowest BCUT2D eigenvalue weighted by molar-refractivity contribution is 0.436. The van der Waals surface area contributed by atoms with E-state index in [1.807, 2.05) is 23.5 Å². The van der Waals surface area contributed by atoms with E-state index in [1.54, 1.807) is 0 Å². The largest absolute Gasteiger partial charge is 0.457 e. The molecule has 0 atom stereocenters. The Kier molecular flexibility index (Phi) is 9.03. The Balaban J connectivity index is 0.915. The van der Waals surface area contributed by atoms with Crippen molar-refractivity contribution in [2.24, 2.45) is 0 Å². The molecule has 0 saturated carbocycles. The van der Waals surface area contributed by atoms with Gasteiger partial charge in [-0.25, -0.2) is 0 Å². The second-order valence-electron chi connectivity index (χ2n) is 22.0. The van der Waals surface area contributed by atoms with Gasteiger partial charge in [0.15, 0.2) is 0 Å². The molecule has 3 aliphatic heterocycles. The molecule has 4 heteroatoms. The number of hydrogen-bond acceptors (Lipinski definition) is 4. The van der Waals surface area contributed by atoms with Crippen LogP contribution in [0.3, 0.4) is 0 Å². The maximum absolute atomic E-state index is 6.83. The molecule has 0 saturated heterocycles. The molecule has 3 heterocycles. The standard InChI is InChI=1S/C75H47NOS2/c1-4-22-55-49(19-1)52-40-37-48(45-66(52)75(55)60-25-7-13-31-67(60)77-68-32-14-8-26-61(68)75)76(46-38-41-58-53(43-46)50-20-2-5-23-56(50)73(58)62-27-9-15-33-69(62)78-70-34-16-10-28-63(70)73)47-39-42-59-54(44-47)51-21-3-6-24-57(51)74(59)64-29-11-17-35-71(64)79-72-36-18-12-30-65(72)74/h1-5,7-23,25-45H,6,24H2. The molecule has 0 unspecified atom stereocenters. The fourth-order valence-corrected chi connectivity index (χ4v) is 18.1. The summed E-state index contributed by atoms with van der Waals surface area (Å²) in [5, 5.41) is 0. The molecule has 3 spiro atoms. The normalized spacial score (nSPS) is 16.5. The number of hydrogen-bond donors (Lipinski definition) is 0. The van der Waals surface area contributed by atoms with Crippen LogP contribution in [0.4, 0.5) is 17.1 Å². The lowest BCUT2D eigenvalue weighted by atomic mass is 9.65. The molecule has 18 rings (SSSR count). The molecule has 0 radical (unpaired) electrons. The highest BCUT2D eigenvalue weighted by Gasteiger charge is 2.54. The Bertz CT molecular complexity index is 4440. The first kappa shape index (κ1) is 44.2. The van der Waals surface area contributed by atoms with E-state index in [9.17, 15) is 0 Å². The summed E-state index contributed by atoms with van der Waals surface area (Å²) in [4.78, 5) is 7.85. The van der Waals surface area contributed by atoms with E-state index < -0.39 is 16.2 Å². The third-order valence-corrected chi connectivity index (χ3v) is 20.9. The van der Waals surface area contributed by atoms with Gasteiger partial charge in [0.25, 0.3) is 0 Å². The van der Waals surface area contributed by atoms with Crippen LogP contribution < -0.4 is 9.64 Å². The molecule has 4 aliphatic carbocycles. The minimum Gasteiger partial charge on any atom is -0.457 e. The van der Waals surface area contributed by atoms with Crippen molar-refractivity contribution in [2.45, 2.75) is 48.7 Å². The highest BCUT2D eigenvalue weighted by Crippen LogP contribution is 2.67. The first-order valence-corrected chi connectivity index (χ1v) is 29.2. The van der Waals surface area contributed by atoms with E-state index in [2.05, 4.69) is 266 Å². The van der Waals surface area contributed by atoms with Crippen molar-refractivity contribution in [3.8, 4) is 33.8 Å². The molecule has 7 aliphatic rings. The smallest absolute Gasteiger partial charge is 0.132 e. The van der Waals surface area contributed by atoms with Crippen LogP contribution in [0.1, 0.15) is 79.6 Å². The van der Waals surface area contributed by atoms with Gasteiger partial charge < -0.3 is 9.64 Å². The van der Waals surface area contributed by atoms with E-state index in [-0.39, 0.29) is 0 Å². The van der Waals surface area contributed by atoms with Crippen LogP contribution in [0.25, 0.3) is 27.8 Å². The third-order valence-electron chi connectivity index (χ3n) is 18.6. The molecule has 370 valence electrons. The van der Waals surface area contributed by atoms with Gasteiger partial charge in [-0.1, -0.05) is 212 Å². The summed E-state index contributed by atoms with van der Waals surface area (Å²) in [7, 11) is 0. The van der Waals surface area contributed by atoms with Crippen LogP contribution in [0, 0.1) is 0 Å². The molecule has 0 bridgehead atoms. The molecule has 0 fully saturated rings. The molecule has 11 aromatic rings. The monoisotopic (exact) mass is 1040 g/mol. The Morgan fingerprint density at radius 3 is 1.28 bits per heavy atom. The molecular weight excluding hydrogens is 995 g/mol. The number of rotatable bonds is 3. The Labute approximate surface area is 468 Å². The molecule has 0 N–H and O–H groups in total. The number of anilines is 3. The molecular formula is C75H47NOS2. The number of benzene rings is 11. The maximum Gasteiger partial charge on any atom is 0.132 e. The van der Waals surface area contributed by atoms with Crippen molar-refractivity contribution in [3.05, 3.63) is 333 Å². The summed E-state index contributed by atoms with van der Waals surface area (Å²) in [5.74, 6) is 1.78. The SMILES string of the molecule is C1=CC2=C(CC1)C1(c3ccccc3Sc3ccccc31)c1ccc(N(c3ccc4c(c3)-c3ccccc3C43c4ccccc4Sc4ccccc43)c3ccc4c(c3)C3(c5ccccc5Oc5ccccc53)c3ccccc3-4)cc12. The van der Waals surface area contributed by atoms with Crippen molar-refractivity contribution in [3.63, 3.8) is 0 Å². The summed E-state index contributed by atoms with van der Waals surface area (Å²) in [5.41, 5.74) is 25.4. The Morgan fingerprint density at radius 2 is 0.709 bits per heavy atom. The van der Waals surface area contributed by atoms with Gasteiger partial charge in [0.1, 0.15) is 11.5 Å². The third kappa shape index (κ3) is 5.55. The van der Waals surface area contributed by atoms with Gasteiger partial charge in [-0.05, 0) is 175 Å². The van der Waals surface area contributed by atoms with E-state index >= 15 is 0 Å². The molecule has 0 amide bonds. The van der Waals surface area contributed by atoms with Crippen molar-refractivity contribution in [2.75, 3.05) is 4.90 Å². The highest BCUT2D eigenvalue weighted by molar-refractivity contribution is 7.99. The fourth-order valence-electron chi connectivity index (χ4n) is 15.7. The van der Waals surface area contributed by atoms with Gasteiger partial charge in [-0.15, -0.1) is 0 Å². The fraction of sp³-hybridized carbons (Fsp3) is 0.0667. The van der Waals surface area contributed by atoms with E-state index in [4.69, 9.17) is 4.74 Å². The number of nitrogens with zero attached hydrogens (tertiary/aromatic N) is 1. The first-order valence-electron chi connectivity index (χ1n) is 27.6. The van der Waals surface area contributed by atoms with Gasteiger partial charge >= 0.3 is 0 Å². The zero-order chi connectivity index (χ0) is 51.6. The zero-order valence-corrected chi connectivity index (χ0v) is 44.5. The summed E-state index contributed by atoms with van der Waals surface area (Å²) in [6, 6.07) is 94.4. The zero-order valence-electron chi connectivity index (χ0n) is 42.9. The number of fused-ring (bicyclic) bond motifs is 26. The predicted octanol–water partition coefficient (Wildman–Crippen LogP) is 19.4. The van der Waals surface area contributed by atoms with Crippen molar-refractivity contribution >= 4 is 46.2 Å². The minimum absolute atomic E-state index is 0.400. The quantitative estimate of drug-likeness (QED) is 0.175. The maximum atomic E-state index is 6.83. The lowest BCUT2D eigenvalue weighted by Gasteiger charge is -2.41. The molecule has 11 aromatic carbocycles. The molecule has 79 heavy (non-hydrogen) atoms. The van der Waals surface area contributed by atoms with Crippen LogP contribution >= 0.6 is 23.5 Å². The van der Waals surface area contributed by atoms with Gasteiger partial charge in [0.05, 0.1) is 16.2 Å². The Hall–Kier alpha value is -8.80. The number of para-hydroxylation sites is 2. The average molecular weight is 1040 g/mol. The second-order valence-corrected chi connectivity index (χ2v) is 24.2. The topological polar surface area (TPSA) is 12.5 Å². The second kappa shape index (κ2) is 16.1. The van der Waals surface area contributed by atoms with Gasteiger partial charge in [-0.3, -0.25) is 0 Å². The molecule has 2 nitrogen and oxygen atoms in total. The Morgan fingerprint density at radius 1 is 0.316 bits per heavy atom. The van der Waals surface area contributed by atoms with E-state index in [0.717, 1.165) is 52.5 Å². The van der Waals surface area contributed by atoms with Crippen LogP contribution in [0.15, 0.2) is 286 Å². The predicted molar refractivity (Wildman–Crippen MR) is 322 cm³/mol. The van der Waals surface area contributed by atoms with Gasteiger partial charge in [-0.2, -0.15) is 0 Å². The highest BCUT2D eigenvalue weighted by atomic mass is 32.2. The first-order chi connectivity index (χ1) is 39.2.